The molecule has 1 aromatic heterocycles. The molecule has 2 rings (SSSR count). The number of nitrogens with one attached hydrogen (secondary N) is 1. The van der Waals surface area contributed by atoms with Crippen molar-refractivity contribution in [2.24, 2.45) is 7.05 Å². The smallest absolute Gasteiger partial charge is 0.408 e. The van der Waals surface area contributed by atoms with Crippen molar-refractivity contribution in [3.05, 3.63) is 18.2 Å². The summed E-state index contributed by atoms with van der Waals surface area (Å²) in [4.78, 5) is 15.0. The largest absolute Gasteiger partial charge is 0.437 e. The number of hydrogen-bond donors (Lipinski definition) is 1. The van der Waals surface area contributed by atoms with Crippen molar-refractivity contribution in [1.82, 2.24) is 14.9 Å². The van der Waals surface area contributed by atoms with Crippen molar-refractivity contribution < 1.29 is 9.53 Å². The molecule has 13 heavy (non-hydrogen) atoms. The Bertz CT molecular complexity index is 334. The number of amides is 1. The van der Waals surface area contributed by atoms with Gasteiger partial charge in [0.25, 0.3) is 0 Å². The summed E-state index contributed by atoms with van der Waals surface area (Å²) in [5.41, 5.74) is 0.786. The number of imidazole rings is 1. The van der Waals surface area contributed by atoms with Crippen LogP contribution < -0.4 is 5.32 Å². The number of alkyl carbamates (subject to hydrolysis) is 1. The maximum atomic E-state index is 10.9. The van der Waals surface area contributed by atoms with E-state index in [0.29, 0.717) is 0 Å². The van der Waals surface area contributed by atoms with E-state index in [9.17, 15) is 4.79 Å². The van der Waals surface area contributed by atoms with Crippen LogP contribution in [0.5, 0.6) is 0 Å². The summed E-state index contributed by atoms with van der Waals surface area (Å²) in [6, 6.07) is -0.0117. The maximum absolute atomic E-state index is 10.9. The van der Waals surface area contributed by atoms with E-state index < -0.39 is 0 Å². The zero-order valence-electron chi connectivity index (χ0n) is 7.52. The molecule has 2 atom stereocenters. The highest BCUT2D eigenvalue weighted by molar-refractivity contribution is 5.70. The monoisotopic (exact) mass is 181 g/mol. The van der Waals surface area contributed by atoms with Gasteiger partial charge < -0.3 is 14.6 Å². The van der Waals surface area contributed by atoms with Gasteiger partial charge in [-0.1, -0.05) is 0 Å². The molecule has 0 unspecified atom stereocenters. The predicted molar refractivity (Wildman–Crippen MR) is 45.0 cm³/mol. The number of aryl methyl sites for hydroxylation is 1. The number of nitrogens with zero attached hydrogens (tertiary/aromatic N) is 2. The van der Waals surface area contributed by atoms with E-state index in [2.05, 4.69) is 10.3 Å². The molecular formula is C8H11N3O2. The van der Waals surface area contributed by atoms with Gasteiger partial charge in [-0.2, -0.15) is 0 Å². The first-order chi connectivity index (χ1) is 6.16. The molecule has 5 heteroatoms. The zero-order chi connectivity index (χ0) is 9.42. The molecule has 0 aromatic carbocycles. The number of ether oxygens (including phenoxy) is 1. The highest BCUT2D eigenvalue weighted by Gasteiger charge is 2.33. The molecule has 0 saturated carbocycles. The van der Waals surface area contributed by atoms with Crippen LogP contribution in [-0.2, 0) is 11.8 Å². The van der Waals surface area contributed by atoms with Crippen LogP contribution in [0, 0.1) is 0 Å². The molecule has 1 saturated heterocycles. The van der Waals surface area contributed by atoms with Crippen molar-refractivity contribution in [2.75, 3.05) is 0 Å². The number of carbonyl (C=O) groups is 1. The topological polar surface area (TPSA) is 56.1 Å². The molecule has 1 N–H and O–H groups in total. The van der Waals surface area contributed by atoms with Crippen LogP contribution in [0.4, 0.5) is 4.79 Å². The quantitative estimate of drug-likeness (QED) is 0.689. The Labute approximate surface area is 75.7 Å². The van der Waals surface area contributed by atoms with Crippen molar-refractivity contribution in [3.63, 3.8) is 0 Å². The minimum Gasteiger partial charge on any atom is -0.437 e. The van der Waals surface area contributed by atoms with Crippen LogP contribution in [0.15, 0.2) is 12.5 Å². The van der Waals surface area contributed by atoms with Crippen molar-refractivity contribution in [1.29, 1.82) is 0 Å². The molecule has 0 radical (unpaired) electrons. The standard InChI is InChI=1S/C8H11N3O2/c1-5-7(13-8(12)10-5)6-3-11(2)4-9-6/h3-5,7H,1-2H3,(H,10,12)/t5-,7-/m0/s1. The van der Waals surface area contributed by atoms with Gasteiger partial charge in [-0.05, 0) is 6.92 Å². The van der Waals surface area contributed by atoms with Crippen molar-refractivity contribution in [2.45, 2.75) is 19.1 Å². The fourth-order valence-electron chi connectivity index (χ4n) is 1.41. The average Bonchev–Trinajstić information content (AvgIpc) is 2.58. The van der Waals surface area contributed by atoms with E-state index in [1.165, 1.54) is 0 Å². The fourth-order valence-corrected chi connectivity index (χ4v) is 1.41. The van der Waals surface area contributed by atoms with Crippen molar-refractivity contribution in [3.8, 4) is 0 Å². The lowest BCUT2D eigenvalue weighted by atomic mass is 10.1. The van der Waals surface area contributed by atoms with Crippen LogP contribution in [0.25, 0.3) is 0 Å². The van der Waals surface area contributed by atoms with Gasteiger partial charge in [0.05, 0.1) is 12.4 Å². The summed E-state index contributed by atoms with van der Waals surface area (Å²) in [5.74, 6) is 0. The average molecular weight is 181 g/mol. The van der Waals surface area contributed by atoms with Gasteiger partial charge in [0, 0.05) is 13.2 Å². The number of cyclic esters (lactones) is 1. The van der Waals surface area contributed by atoms with Gasteiger partial charge in [0.2, 0.25) is 0 Å². The highest BCUT2D eigenvalue weighted by Crippen LogP contribution is 2.23. The SMILES string of the molecule is C[C@@H]1NC(=O)O[C@@H]1c1cn(C)cn1. The van der Waals surface area contributed by atoms with Gasteiger partial charge in [0.15, 0.2) is 6.10 Å². The lowest BCUT2D eigenvalue weighted by Gasteiger charge is -2.08. The third-order valence-corrected chi connectivity index (χ3v) is 2.05. The lowest BCUT2D eigenvalue weighted by Crippen LogP contribution is -2.23. The Balaban J connectivity index is 2.22. The summed E-state index contributed by atoms with van der Waals surface area (Å²) >= 11 is 0. The number of rotatable bonds is 1. The summed E-state index contributed by atoms with van der Waals surface area (Å²) in [7, 11) is 1.88. The van der Waals surface area contributed by atoms with Gasteiger partial charge in [0.1, 0.15) is 5.69 Å². The third-order valence-electron chi connectivity index (χ3n) is 2.05. The summed E-state index contributed by atoms with van der Waals surface area (Å²) in [5, 5.41) is 2.66. The lowest BCUT2D eigenvalue weighted by molar-refractivity contribution is 0.131. The van der Waals surface area contributed by atoms with Gasteiger partial charge in [-0.25, -0.2) is 9.78 Å². The molecule has 1 aromatic rings. The van der Waals surface area contributed by atoms with Gasteiger partial charge in [-0.15, -0.1) is 0 Å². The van der Waals surface area contributed by atoms with Crippen LogP contribution in [0.3, 0.4) is 0 Å². The number of hydrogen-bond acceptors (Lipinski definition) is 3. The van der Waals surface area contributed by atoms with Crippen LogP contribution in [0.1, 0.15) is 18.7 Å². The molecule has 1 aliphatic rings. The molecule has 5 nitrogen and oxygen atoms in total. The van der Waals surface area contributed by atoms with E-state index in [-0.39, 0.29) is 18.2 Å². The molecule has 70 valence electrons. The highest BCUT2D eigenvalue weighted by atomic mass is 16.6. The van der Waals surface area contributed by atoms with Crippen LogP contribution >= 0.6 is 0 Å². The molecule has 0 aliphatic carbocycles. The first kappa shape index (κ1) is 8.10. The third kappa shape index (κ3) is 1.37. The Morgan fingerprint density at radius 1 is 1.69 bits per heavy atom. The Hall–Kier alpha value is -1.52. The maximum Gasteiger partial charge on any atom is 0.408 e. The van der Waals surface area contributed by atoms with Crippen LogP contribution in [-0.4, -0.2) is 21.7 Å². The van der Waals surface area contributed by atoms with E-state index in [1.807, 2.05) is 24.7 Å². The normalized spacial score (nSPS) is 27.1. The summed E-state index contributed by atoms with van der Waals surface area (Å²) in [6.07, 6.45) is 2.91. The molecule has 1 aliphatic heterocycles. The van der Waals surface area contributed by atoms with Gasteiger partial charge >= 0.3 is 6.09 Å². The first-order valence-corrected chi connectivity index (χ1v) is 4.12. The van der Waals surface area contributed by atoms with E-state index in [1.54, 1.807) is 6.33 Å². The molecular weight excluding hydrogens is 170 g/mol. The minimum atomic E-state index is -0.372. The Morgan fingerprint density at radius 3 is 2.92 bits per heavy atom. The second kappa shape index (κ2) is 2.76. The Morgan fingerprint density at radius 2 is 2.46 bits per heavy atom. The second-order valence-corrected chi connectivity index (χ2v) is 3.22. The molecule has 0 bridgehead atoms. The number of carbonyl (C=O) groups excluding carboxylic acids is 1. The minimum absolute atomic E-state index is 0.0117. The van der Waals surface area contributed by atoms with E-state index >= 15 is 0 Å². The summed E-state index contributed by atoms with van der Waals surface area (Å²) in [6.45, 7) is 1.89. The van der Waals surface area contributed by atoms with Crippen LogP contribution in [0.2, 0.25) is 0 Å². The molecule has 1 fully saturated rings. The van der Waals surface area contributed by atoms with Gasteiger partial charge in [-0.3, -0.25) is 0 Å². The second-order valence-electron chi connectivity index (χ2n) is 3.22. The first-order valence-electron chi connectivity index (χ1n) is 4.12. The predicted octanol–water partition coefficient (Wildman–Crippen LogP) is 0.589. The molecule has 0 spiro atoms. The van der Waals surface area contributed by atoms with E-state index in [4.69, 9.17) is 4.74 Å². The van der Waals surface area contributed by atoms with E-state index in [0.717, 1.165) is 5.69 Å². The van der Waals surface area contributed by atoms with Crippen molar-refractivity contribution >= 4 is 6.09 Å². The number of aromatic nitrogens is 2. The summed E-state index contributed by atoms with van der Waals surface area (Å²) < 4.78 is 6.87. The molecule has 1 amide bonds. The molecule has 2 heterocycles. The zero-order valence-corrected chi connectivity index (χ0v) is 7.52. The fraction of sp³-hybridized carbons (Fsp3) is 0.500. The Kier molecular flexibility index (Phi) is 1.72.